The fraction of sp³-hybridized carbons (Fsp3) is 0.562. The van der Waals surface area contributed by atoms with Crippen molar-refractivity contribution in [1.82, 2.24) is 20.1 Å². The van der Waals surface area contributed by atoms with Gasteiger partial charge in [0.25, 0.3) is 0 Å². The van der Waals surface area contributed by atoms with Crippen LogP contribution in [0, 0.1) is 5.82 Å². The van der Waals surface area contributed by atoms with Gasteiger partial charge in [-0.1, -0.05) is 0 Å². The zero-order chi connectivity index (χ0) is 17.5. The van der Waals surface area contributed by atoms with Crippen molar-refractivity contribution in [2.45, 2.75) is 19.4 Å². The van der Waals surface area contributed by atoms with Crippen LogP contribution in [0.25, 0.3) is 0 Å². The maximum atomic E-state index is 13.7. The topological polar surface area (TPSA) is 74.8 Å². The number of halogens is 1. The molecule has 0 spiro atoms. The molecule has 1 saturated heterocycles. The number of rotatable bonds is 5. The summed E-state index contributed by atoms with van der Waals surface area (Å²) in [5.41, 5.74) is 0.362. The van der Waals surface area contributed by atoms with Gasteiger partial charge in [-0.05, 0) is 19.4 Å². The Morgan fingerprint density at radius 3 is 3.00 bits per heavy atom. The average Bonchev–Trinajstić information content (AvgIpc) is 2.74. The number of aromatic nitrogens is 1. The lowest BCUT2D eigenvalue weighted by Gasteiger charge is -2.24. The number of carbonyl (C=O) groups excluding carboxylic acids is 2. The highest BCUT2D eigenvalue weighted by atomic mass is 19.1. The van der Waals surface area contributed by atoms with Gasteiger partial charge in [0.05, 0.1) is 18.8 Å². The quantitative estimate of drug-likeness (QED) is 0.875. The van der Waals surface area contributed by atoms with Crippen molar-refractivity contribution in [2.75, 3.05) is 39.9 Å². The van der Waals surface area contributed by atoms with Crippen molar-refractivity contribution >= 4 is 11.9 Å². The van der Waals surface area contributed by atoms with E-state index in [4.69, 9.17) is 4.74 Å². The van der Waals surface area contributed by atoms with Crippen LogP contribution in [0.1, 0.15) is 24.9 Å². The van der Waals surface area contributed by atoms with Gasteiger partial charge in [0.15, 0.2) is 0 Å². The minimum Gasteiger partial charge on any atom is -0.383 e. The molecule has 0 aromatic carbocycles. The summed E-state index contributed by atoms with van der Waals surface area (Å²) in [4.78, 5) is 31.5. The van der Waals surface area contributed by atoms with Gasteiger partial charge in [0, 0.05) is 38.5 Å². The highest BCUT2D eigenvalue weighted by molar-refractivity contribution is 5.84. The first-order chi connectivity index (χ1) is 11.5. The summed E-state index contributed by atoms with van der Waals surface area (Å²) in [5, 5.41) is 2.74. The molecule has 0 aliphatic carbocycles. The van der Waals surface area contributed by atoms with Crippen LogP contribution in [0.2, 0.25) is 0 Å². The van der Waals surface area contributed by atoms with Gasteiger partial charge in [-0.2, -0.15) is 0 Å². The molecule has 2 rings (SSSR count). The van der Waals surface area contributed by atoms with Crippen LogP contribution >= 0.6 is 0 Å². The van der Waals surface area contributed by atoms with E-state index in [2.05, 4.69) is 10.3 Å². The molecular formula is C16H23FN4O3. The molecular weight excluding hydrogens is 315 g/mol. The average molecular weight is 338 g/mol. The molecule has 1 unspecified atom stereocenters. The normalized spacial score (nSPS) is 16.7. The number of hydrogen-bond donors (Lipinski definition) is 1. The van der Waals surface area contributed by atoms with Gasteiger partial charge in [-0.25, -0.2) is 9.18 Å². The lowest BCUT2D eigenvalue weighted by atomic mass is 10.1. The zero-order valence-electron chi connectivity index (χ0n) is 14.0. The predicted molar refractivity (Wildman–Crippen MR) is 85.8 cm³/mol. The van der Waals surface area contributed by atoms with E-state index >= 15 is 0 Å². The van der Waals surface area contributed by atoms with E-state index in [1.807, 2.05) is 0 Å². The number of carbonyl (C=O) groups is 2. The van der Waals surface area contributed by atoms with Crippen LogP contribution in [0.5, 0.6) is 0 Å². The van der Waals surface area contributed by atoms with Crippen LogP contribution in [0.3, 0.4) is 0 Å². The van der Waals surface area contributed by atoms with E-state index < -0.39 is 11.9 Å². The number of pyridine rings is 1. The Balaban J connectivity index is 1.95. The van der Waals surface area contributed by atoms with Gasteiger partial charge in [0.2, 0.25) is 5.91 Å². The van der Waals surface area contributed by atoms with Crippen molar-refractivity contribution in [2.24, 2.45) is 0 Å². The number of ether oxygens (including phenoxy) is 1. The van der Waals surface area contributed by atoms with Gasteiger partial charge in [-0.3, -0.25) is 9.78 Å². The molecule has 8 heteroatoms. The Morgan fingerprint density at radius 1 is 1.50 bits per heavy atom. The minimum absolute atomic E-state index is 0.0150. The van der Waals surface area contributed by atoms with Crippen molar-refractivity contribution in [1.29, 1.82) is 0 Å². The summed E-state index contributed by atoms with van der Waals surface area (Å²) in [6, 6.07) is 0.643. The first kappa shape index (κ1) is 18.1. The van der Waals surface area contributed by atoms with Crippen LogP contribution in [0.15, 0.2) is 18.5 Å². The number of hydrogen-bond acceptors (Lipinski definition) is 4. The monoisotopic (exact) mass is 338 g/mol. The standard InChI is InChI=1S/C16H23FN4O3/c1-12(13-4-5-18-10-14(13)17)19-16(23)21-7-3-6-20(8-9-24-2)15(22)11-21/h4-5,10,12H,3,6-9,11H2,1-2H3,(H,19,23). The number of urea groups is 1. The van der Waals surface area contributed by atoms with E-state index in [0.29, 0.717) is 38.2 Å². The van der Waals surface area contributed by atoms with Crippen molar-refractivity contribution in [3.8, 4) is 0 Å². The maximum absolute atomic E-state index is 13.7. The van der Waals surface area contributed by atoms with E-state index in [9.17, 15) is 14.0 Å². The number of nitrogens with one attached hydrogen (secondary N) is 1. The highest BCUT2D eigenvalue weighted by Crippen LogP contribution is 2.15. The van der Waals surface area contributed by atoms with E-state index in [-0.39, 0.29) is 18.5 Å². The van der Waals surface area contributed by atoms with Gasteiger partial charge in [0.1, 0.15) is 12.4 Å². The second-order valence-corrected chi connectivity index (χ2v) is 5.72. The third-order valence-corrected chi connectivity index (χ3v) is 4.00. The zero-order valence-corrected chi connectivity index (χ0v) is 14.0. The van der Waals surface area contributed by atoms with E-state index in [1.54, 1.807) is 18.9 Å². The summed E-state index contributed by atoms with van der Waals surface area (Å²) in [6.07, 6.45) is 3.28. The number of methoxy groups -OCH3 is 1. The summed E-state index contributed by atoms with van der Waals surface area (Å²) < 4.78 is 18.7. The summed E-state index contributed by atoms with van der Waals surface area (Å²) in [7, 11) is 1.58. The molecule has 1 aromatic heterocycles. The summed E-state index contributed by atoms with van der Waals surface area (Å²) >= 11 is 0. The van der Waals surface area contributed by atoms with Crippen LogP contribution in [0.4, 0.5) is 9.18 Å². The number of nitrogens with zero attached hydrogens (tertiary/aromatic N) is 3. The first-order valence-electron chi connectivity index (χ1n) is 7.94. The van der Waals surface area contributed by atoms with Crippen molar-refractivity contribution in [3.63, 3.8) is 0 Å². The molecule has 7 nitrogen and oxygen atoms in total. The molecule has 1 atom stereocenters. The molecule has 1 aliphatic rings. The Kier molecular flexibility index (Phi) is 6.48. The summed E-state index contributed by atoms with van der Waals surface area (Å²) in [6.45, 7) is 3.77. The van der Waals surface area contributed by atoms with Gasteiger partial charge in [-0.15, -0.1) is 0 Å². The number of amides is 3. The first-order valence-corrected chi connectivity index (χ1v) is 7.94. The molecule has 0 radical (unpaired) electrons. The smallest absolute Gasteiger partial charge is 0.318 e. The maximum Gasteiger partial charge on any atom is 0.318 e. The Hall–Kier alpha value is -2.22. The fourth-order valence-corrected chi connectivity index (χ4v) is 2.62. The minimum atomic E-state index is -0.511. The Bertz CT molecular complexity index is 584. The highest BCUT2D eigenvalue weighted by Gasteiger charge is 2.25. The third kappa shape index (κ3) is 4.64. The molecule has 24 heavy (non-hydrogen) atoms. The molecule has 1 aromatic rings. The molecule has 1 N–H and O–H groups in total. The van der Waals surface area contributed by atoms with Crippen LogP contribution in [-0.4, -0.2) is 66.6 Å². The fourth-order valence-electron chi connectivity index (χ4n) is 2.62. The molecule has 0 bridgehead atoms. The van der Waals surface area contributed by atoms with Crippen LogP contribution < -0.4 is 5.32 Å². The lowest BCUT2D eigenvalue weighted by molar-refractivity contribution is -0.131. The predicted octanol–water partition coefficient (Wildman–Crippen LogP) is 1.17. The SMILES string of the molecule is COCCN1CCCN(C(=O)NC(C)c2ccncc2F)CC1=O. The molecule has 2 heterocycles. The van der Waals surface area contributed by atoms with E-state index in [0.717, 1.165) is 6.20 Å². The third-order valence-electron chi connectivity index (χ3n) is 4.00. The largest absolute Gasteiger partial charge is 0.383 e. The molecule has 3 amide bonds. The molecule has 1 aliphatic heterocycles. The van der Waals surface area contributed by atoms with Crippen LogP contribution in [-0.2, 0) is 9.53 Å². The Labute approximate surface area is 140 Å². The van der Waals surface area contributed by atoms with E-state index in [1.165, 1.54) is 17.2 Å². The molecule has 0 saturated carbocycles. The Morgan fingerprint density at radius 2 is 2.29 bits per heavy atom. The second kappa shape index (κ2) is 8.58. The lowest BCUT2D eigenvalue weighted by Crippen LogP contribution is -2.45. The van der Waals surface area contributed by atoms with Gasteiger partial charge >= 0.3 is 6.03 Å². The van der Waals surface area contributed by atoms with Crippen molar-refractivity contribution < 1.29 is 18.7 Å². The van der Waals surface area contributed by atoms with Crippen molar-refractivity contribution in [3.05, 3.63) is 29.8 Å². The molecule has 1 fully saturated rings. The molecule has 132 valence electrons. The van der Waals surface area contributed by atoms with Gasteiger partial charge < -0.3 is 19.9 Å². The summed E-state index contributed by atoms with van der Waals surface area (Å²) in [5.74, 6) is -0.578. The second-order valence-electron chi connectivity index (χ2n) is 5.72.